The molecule has 0 saturated heterocycles. The van der Waals surface area contributed by atoms with Crippen LogP contribution in [0.1, 0.15) is 22.8 Å². The number of benzene rings is 1. The zero-order valence-electron chi connectivity index (χ0n) is 11.8. The second kappa shape index (κ2) is 7.28. The molecule has 0 fully saturated rings. The number of amides is 1. The first-order valence-corrected chi connectivity index (χ1v) is 6.32. The van der Waals surface area contributed by atoms with Gasteiger partial charge >= 0.3 is 6.18 Å². The first-order chi connectivity index (χ1) is 9.81. The van der Waals surface area contributed by atoms with E-state index in [9.17, 15) is 18.0 Å². The fourth-order valence-corrected chi connectivity index (χ4v) is 1.68. The van der Waals surface area contributed by atoms with E-state index in [2.05, 4.69) is 5.43 Å². The predicted molar refractivity (Wildman–Crippen MR) is 72.7 cm³/mol. The van der Waals surface area contributed by atoms with Crippen LogP contribution in [0.5, 0.6) is 0 Å². The third-order valence-corrected chi connectivity index (χ3v) is 2.85. The molecule has 0 unspecified atom stereocenters. The molecule has 5 nitrogen and oxygen atoms in total. The van der Waals surface area contributed by atoms with E-state index < -0.39 is 17.6 Å². The van der Waals surface area contributed by atoms with Gasteiger partial charge in [-0.15, -0.1) is 0 Å². The number of nitrogens with zero attached hydrogens (tertiary/aromatic N) is 1. The monoisotopic (exact) mass is 305 g/mol. The maximum absolute atomic E-state index is 12.7. The van der Waals surface area contributed by atoms with Crippen LogP contribution in [-0.4, -0.2) is 37.6 Å². The van der Waals surface area contributed by atoms with Crippen LogP contribution in [0.15, 0.2) is 18.2 Å². The Morgan fingerprint density at radius 3 is 2.62 bits per heavy atom. The minimum Gasteiger partial charge on any atom is -0.380 e. The van der Waals surface area contributed by atoms with Crippen LogP contribution in [0.2, 0.25) is 0 Å². The van der Waals surface area contributed by atoms with E-state index in [1.54, 1.807) is 0 Å². The number of rotatable bonds is 6. The summed E-state index contributed by atoms with van der Waals surface area (Å²) in [4.78, 5) is 13.5. The highest BCUT2D eigenvalue weighted by molar-refractivity contribution is 5.99. The molecular weight excluding hydrogens is 287 g/mol. The Morgan fingerprint density at radius 1 is 1.43 bits per heavy atom. The molecule has 0 aliphatic carbocycles. The SMILES string of the molecule is CCOCCN(C)C(=O)c1cc(C(F)(F)F)ccc1NN. The molecule has 0 aromatic heterocycles. The zero-order chi connectivity index (χ0) is 16.0. The van der Waals surface area contributed by atoms with Crippen LogP contribution in [0.25, 0.3) is 0 Å². The van der Waals surface area contributed by atoms with Crippen molar-refractivity contribution in [3.05, 3.63) is 29.3 Å². The Balaban J connectivity index is 3.00. The standard InChI is InChI=1S/C13H18F3N3O2/c1-3-21-7-6-19(2)12(20)10-8-9(13(14,15)16)4-5-11(10)18-17/h4-5,8,18H,3,6-7,17H2,1-2H3. The summed E-state index contributed by atoms with van der Waals surface area (Å²) in [5, 5.41) is 0. The van der Waals surface area contributed by atoms with E-state index >= 15 is 0 Å². The molecule has 0 bridgehead atoms. The second-order valence-corrected chi connectivity index (χ2v) is 4.33. The second-order valence-electron chi connectivity index (χ2n) is 4.33. The number of anilines is 1. The van der Waals surface area contributed by atoms with Gasteiger partial charge in [-0.05, 0) is 25.1 Å². The van der Waals surface area contributed by atoms with E-state index in [-0.39, 0.29) is 17.8 Å². The van der Waals surface area contributed by atoms with Gasteiger partial charge in [0.05, 0.1) is 23.4 Å². The molecule has 21 heavy (non-hydrogen) atoms. The maximum atomic E-state index is 12.7. The number of hydrogen-bond donors (Lipinski definition) is 2. The number of carbonyl (C=O) groups is 1. The molecule has 1 amide bonds. The number of nitrogen functional groups attached to an aromatic ring is 1. The lowest BCUT2D eigenvalue weighted by atomic mass is 10.1. The van der Waals surface area contributed by atoms with Crippen molar-refractivity contribution in [1.29, 1.82) is 0 Å². The lowest BCUT2D eigenvalue weighted by Crippen LogP contribution is -2.31. The molecule has 1 aromatic rings. The third kappa shape index (κ3) is 4.61. The van der Waals surface area contributed by atoms with Gasteiger partial charge in [0.25, 0.3) is 5.91 Å². The number of nitrogens with two attached hydrogens (primary N) is 1. The van der Waals surface area contributed by atoms with Crippen LogP contribution < -0.4 is 11.3 Å². The number of likely N-dealkylation sites (N-methyl/N-ethyl adjacent to an activating group) is 1. The van der Waals surface area contributed by atoms with Crippen LogP contribution in [0.4, 0.5) is 18.9 Å². The van der Waals surface area contributed by atoms with Crippen molar-refractivity contribution >= 4 is 11.6 Å². The Hall–Kier alpha value is -1.80. The molecule has 0 heterocycles. The highest BCUT2D eigenvalue weighted by Gasteiger charge is 2.32. The summed E-state index contributed by atoms with van der Waals surface area (Å²) in [6.07, 6.45) is -4.52. The van der Waals surface area contributed by atoms with Crippen LogP contribution in [-0.2, 0) is 10.9 Å². The van der Waals surface area contributed by atoms with Gasteiger partial charge in [-0.25, -0.2) is 0 Å². The minimum absolute atomic E-state index is 0.133. The topological polar surface area (TPSA) is 67.6 Å². The van der Waals surface area contributed by atoms with Gasteiger partial charge in [-0.3, -0.25) is 10.6 Å². The van der Waals surface area contributed by atoms with Gasteiger partial charge in [0.15, 0.2) is 0 Å². The van der Waals surface area contributed by atoms with Gasteiger partial charge in [0.2, 0.25) is 0 Å². The lowest BCUT2D eigenvalue weighted by Gasteiger charge is -2.19. The van der Waals surface area contributed by atoms with Gasteiger partial charge in [-0.1, -0.05) is 0 Å². The van der Waals surface area contributed by atoms with E-state index in [1.807, 2.05) is 6.92 Å². The summed E-state index contributed by atoms with van der Waals surface area (Å²) >= 11 is 0. The molecule has 1 aromatic carbocycles. The zero-order valence-corrected chi connectivity index (χ0v) is 11.8. The average Bonchev–Trinajstić information content (AvgIpc) is 2.44. The Morgan fingerprint density at radius 2 is 2.10 bits per heavy atom. The number of hydrazine groups is 1. The first kappa shape index (κ1) is 17.3. The summed E-state index contributed by atoms with van der Waals surface area (Å²) in [5.41, 5.74) is 1.33. The van der Waals surface area contributed by atoms with Crippen molar-refractivity contribution in [2.75, 3.05) is 32.2 Å². The van der Waals surface area contributed by atoms with E-state index in [0.717, 1.165) is 18.2 Å². The Kier molecular flexibility index (Phi) is 5.98. The van der Waals surface area contributed by atoms with Gasteiger partial charge < -0.3 is 15.1 Å². The molecule has 0 aliphatic rings. The Labute approximate surface area is 120 Å². The largest absolute Gasteiger partial charge is 0.416 e. The van der Waals surface area contributed by atoms with Crippen LogP contribution >= 0.6 is 0 Å². The molecule has 8 heteroatoms. The van der Waals surface area contributed by atoms with E-state index in [0.29, 0.717) is 13.2 Å². The Bertz CT molecular complexity index is 492. The molecule has 0 spiro atoms. The highest BCUT2D eigenvalue weighted by atomic mass is 19.4. The first-order valence-electron chi connectivity index (χ1n) is 6.32. The molecule has 0 aliphatic heterocycles. The van der Waals surface area contributed by atoms with Gasteiger partial charge in [-0.2, -0.15) is 13.2 Å². The quantitative estimate of drug-likeness (QED) is 0.480. The van der Waals surface area contributed by atoms with Crippen molar-refractivity contribution in [1.82, 2.24) is 4.90 Å². The summed E-state index contributed by atoms with van der Waals surface area (Å²) in [6, 6.07) is 2.79. The summed E-state index contributed by atoms with van der Waals surface area (Å²) in [5.74, 6) is 4.68. The number of carbonyl (C=O) groups excluding carboxylic acids is 1. The summed E-state index contributed by atoms with van der Waals surface area (Å²) < 4.78 is 43.3. The molecule has 3 N–H and O–H groups in total. The fourth-order valence-electron chi connectivity index (χ4n) is 1.68. The van der Waals surface area contributed by atoms with Crippen molar-refractivity contribution < 1.29 is 22.7 Å². The third-order valence-electron chi connectivity index (χ3n) is 2.85. The fraction of sp³-hybridized carbons (Fsp3) is 0.462. The number of ether oxygens (including phenoxy) is 1. The number of nitrogens with one attached hydrogen (secondary N) is 1. The maximum Gasteiger partial charge on any atom is 0.416 e. The van der Waals surface area contributed by atoms with E-state index in [1.165, 1.54) is 11.9 Å². The number of halogens is 3. The molecular formula is C13H18F3N3O2. The van der Waals surface area contributed by atoms with Gasteiger partial charge in [0.1, 0.15) is 0 Å². The number of alkyl halides is 3. The number of hydrogen-bond acceptors (Lipinski definition) is 4. The molecule has 1 rings (SSSR count). The lowest BCUT2D eigenvalue weighted by molar-refractivity contribution is -0.137. The van der Waals surface area contributed by atoms with Crippen LogP contribution in [0.3, 0.4) is 0 Å². The molecule has 0 saturated carbocycles. The van der Waals surface area contributed by atoms with Crippen molar-refractivity contribution in [3.63, 3.8) is 0 Å². The van der Waals surface area contributed by atoms with Crippen molar-refractivity contribution in [2.24, 2.45) is 5.84 Å². The van der Waals surface area contributed by atoms with E-state index in [4.69, 9.17) is 10.6 Å². The smallest absolute Gasteiger partial charge is 0.380 e. The normalized spacial score (nSPS) is 11.3. The van der Waals surface area contributed by atoms with Crippen LogP contribution in [0, 0.1) is 0 Å². The van der Waals surface area contributed by atoms with Gasteiger partial charge in [0, 0.05) is 20.2 Å². The molecule has 0 atom stereocenters. The average molecular weight is 305 g/mol. The summed E-state index contributed by atoms with van der Waals surface area (Å²) in [6.45, 7) is 2.89. The van der Waals surface area contributed by atoms with Crippen molar-refractivity contribution in [3.8, 4) is 0 Å². The molecule has 0 radical (unpaired) electrons. The predicted octanol–water partition coefficient (Wildman–Crippen LogP) is 2.10. The minimum atomic E-state index is -4.52. The molecule has 118 valence electrons. The highest BCUT2D eigenvalue weighted by Crippen LogP contribution is 2.32. The summed E-state index contributed by atoms with van der Waals surface area (Å²) in [7, 11) is 1.49. The van der Waals surface area contributed by atoms with Crippen molar-refractivity contribution in [2.45, 2.75) is 13.1 Å².